The van der Waals surface area contributed by atoms with Crippen molar-refractivity contribution in [1.29, 1.82) is 0 Å². The largest absolute Gasteiger partial charge is 0.493 e. The summed E-state index contributed by atoms with van der Waals surface area (Å²) in [5.74, 6) is 0.883. The highest BCUT2D eigenvalue weighted by atomic mass is 16.5. The second-order valence-electron chi connectivity index (χ2n) is 6.23. The Morgan fingerprint density at radius 2 is 1.68 bits per heavy atom. The third-order valence-corrected chi connectivity index (χ3v) is 4.47. The van der Waals surface area contributed by atoms with Crippen molar-refractivity contribution < 1.29 is 14.3 Å². The molecular formula is C21H23N3O4. The molecule has 7 heteroatoms. The molecule has 3 rings (SSSR count). The Morgan fingerprint density at radius 1 is 1.04 bits per heavy atom. The van der Waals surface area contributed by atoms with Crippen molar-refractivity contribution in [3.8, 4) is 17.2 Å². The van der Waals surface area contributed by atoms with Crippen LogP contribution in [0.25, 0.3) is 5.69 Å². The molecule has 146 valence electrons. The van der Waals surface area contributed by atoms with Gasteiger partial charge in [0.25, 0.3) is 5.56 Å². The number of benzene rings is 2. The number of hydrogen-bond donors (Lipinski definition) is 1. The van der Waals surface area contributed by atoms with E-state index in [4.69, 9.17) is 9.47 Å². The highest BCUT2D eigenvalue weighted by molar-refractivity contribution is 5.91. The zero-order chi connectivity index (χ0) is 20.1. The molecule has 7 nitrogen and oxygen atoms in total. The molecule has 0 unspecified atom stereocenters. The van der Waals surface area contributed by atoms with Crippen LogP contribution in [0.1, 0.15) is 12.1 Å². The monoisotopic (exact) mass is 381 g/mol. The fourth-order valence-electron chi connectivity index (χ4n) is 2.91. The molecule has 3 aromatic rings. The minimum Gasteiger partial charge on any atom is -0.493 e. The summed E-state index contributed by atoms with van der Waals surface area (Å²) >= 11 is 0. The van der Waals surface area contributed by atoms with Crippen LogP contribution in [0, 0.1) is 6.92 Å². The minimum absolute atomic E-state index is 0.108. The Labute approximate surface area is 163 Å². The van der Waals surface area contributed by atoms with Crippen LogP contribution in [-0.2, 0) is 11.8 Å². The van der Waals surface area contributed by atoms with Crippen molar-refractivity contribution in [2.24, 2.45) is 7.05 Å². The van der Waals surface area contributed by atoms with Gasteiger partial charge >= 0.3 is 0 Å². The number of rotatable bonds is 7. The summed E-state index contributed by atoms with van der Waals surface area (Å²) in [7, 11) is 3.34. The molecule has 1 N–H and O–H groups in total. The Morgan fingerprint density at radius 3 is 2.36 bits per heavy atom. The number of nitrogens with one attached hydrogen (secondary N) is 1. The van der Waals surface area contributed by atoms with Crippen LogP contribution < -0.4 is 20.3 Å². The fraction of sp³-hybridized carbons (Fsp3) is 0.238. The third-order valence-electron chi connectivity index (χ3n) is 4.47. The van der Waals surface area contributed by atoms with Gasteiger partial charge in [-0.3, -0.25) is 14.3 Å². The zero-order valence-electron chi connectivity index (χ0n) is 16.1. The second kappa shape index (κ2) is 8.47. The highest BCUT2D eigenvalue weighted by Crippen LogP contribution is 2.25. The number of ether oxygens (including phenoxy) is 2. The van der Waals surface area contributed by atoms with Crippen LogP contribution in [0.15, 0.2) is 59.4 Å². The van der Waals surface area contributed by atoms with Gasteiger partial charge in [-0.1, -0.05) is 30.3 Å². The Bertz CT molecular complexity index is 1020. The summed E-state index contributed by atoms with van der Waals surface area (Å²) in [6.07, 6.45) is 0.108. The highest BCUT2D eigenvalue weighted by Gasteiger charge is 2.18. The molecule has 0 atom stereocenters. The number of carbonyl (C=O) groups is 1. The number of para-hydroxylation sites is 3. The van der Waals surface area contributed by atoms with Crippen molar-refractivity contribution in [2.75, 3.05) is 19.0 Å². The number of anilines is 1. The number of carbonyl (C=O) groups excluding carboxylic acids is 1. The fourth-order valence-corrected chi connectivity index (χ4v) is 2.91. The first-order valence-corrected chi connectivity index (χ1v) is 8.92. The molecule has 1 aromatic heterocycles. The van der Waals surface area contributed by atoms with Gasteiger partial charge in [0.15, 0.2) is 11.5 Å². The number of methoxy groups -OCH3 is 1. The molecule has 1 heterocycles. The van der Waals surface area contributed by atoms with Gasteiger partial charge in [-0.25, -0.2) is 4.68 Å². The van der Waals surface area contributed by atoms with E-state index in [-0.39, 0.29) is 30.2 Å². The van der Waals surface area contributed by atoms with Gasteiger partial charge in [0, 0.05) is 7.05 Å². The van der Waals surface area contributed by atoms with E-state index in [0.717, 1.165) is 5.69 Å². The van der Waals surface area contributed by atoms with Gasteiger partial charge in [-0.15, -0.1) is 0 Å². The quantitative estimate of drug-likeness (QED) is 0.683. The van der Waals surface area contributed by atoms with Crippen LogP contribution in [0.3, 0.4) is 0 Å². The maximum absolute atomic E-state index is 12.8. The van der Waals surface area contributed by atoms with E-state index in [1.54, 1.807) is 37.9 Å². The molecule has 0 bridgehead atoms. The maximum atomic E-state index is 12.8. The van der Waals surface area contributed by atoms with Gasteiger partial charge in [-0.2, -0.15) is 0 Å². The van der Waals surface area contributed by atoms with E-state index < -0.39 is 0 Å². The second-order valence-corrected chi connectivity index (χ2v) is 6.23. The van der Waals surface area contributed by atoms with E-state index in [0.29, 0.717) is 17.2 Å². The van der Waals surface area contributed by atoms with Crippen LogP contribution in [0.5, 0.6) is 11.5 Å². The Kier molecular flexibility index (Phi) is 5.84. The minimum atomic E-state index is -0.291. The molecule has 0 fully saturated rings. The zero-order valence-corrected chi connectivity index (χ0v) is 16.1. The summed E-state index contributed by atoms with van der Waals surface area (Å²) in [5.41, 5.74) is 1.41. The normalized spacial score (nSPS) is 10.5. The molecule has 1 amide bonds. The lowest BCUT2D eigenvalue weighted by atomic mass is 10.3. The van der Waals surface area contributed by atoms with Gasteiger partial charge in [0.05, 0.1) is 31.5 Å². The van der Waals surface area contributed by atoms with Crippen LogP contribution in [0.4, 0.5) is 5.69 Å². The van der Waals surface area contributed by atoms with E-state index in [1.807, 2.05) is 42.5 Å². The van der Waals surface area contributed by atoms with Crippen LogP contribution in [-0.4, -0.2) is 29.0 Å². The van der Waals surface area contributed by atoms with Gasteiger partial charge < -0.3 is 14.8 Å². The molecule has 0 radical (unpaired) electrons. The van der Waals surface area contributed by atoms with Crippen molar-refractivity contribution in [1.82, 2.24) is 9.36 Å². The van der Waals surface area contributed by atoms with Crippen molar-refractivity contribution in [3.05, 3.63) is 70.6 Å². The molecule has 0 aliphatic carbocycles. The summed E-state index contributed by atoms with van der Waals surface area (Å²) in [5, 5.41) is 2.72. The third kappa shape index (κ3) is 3.93. The summed E-state index contributed by atoms with van der Waals surface area (Å²) < 4.78 is 14.1. The molecule has 28 heavy (non-hydrogen) atoms. The van der Waals surface area contributed by atoms with Crippen molar-refractivity contribution >= 4 is 11.6 Å². The molecule has 2 aromatic carbocycles. The molecular weight excluding hydrogens is 358 g/mol. The SMILES string of the molecule is COc1ccccc1OCCC(=O)Nc1c(C)n(C)n(-c2ccccc2)c1=O. The molecule has 0 aliphatic rings. The summed E-state index contributed by atoms with van der Waals surface area (Å²) in [6, 6.07) is 16.5. The predicted octanol–water partition coefficient (Wildman–Crippen LogP) is 2.90. The summed E-state index contributed by atoms with van der Waals surface area (Å²) in [6.45, 7) is 1.97. The molecule has 0 spiro atoms. The number of aromatic nitrogens is 2. The van der Waals surface area contributed by atoms with Crippen molar-refractivity contribution in [3.63, 3.8) is 0 Å². The molecule has 0 saturated carbocycles. The van der Waals surface area contributed by atoms with Gasteiger partial charge in [0.2, 0.25) is 5.91 Å². The number of nitrogens with zero attached hydrogens (tertiary/aromatic N) is 2. The Balaban J connectivity index is 1.69. The van der Waals surface area contributed by atoms with Gasteiger partial charge in [-0.05, 0) is 31.2 Å². The average molecular weight is 381 g/mol. The average Bonchev–Trinajstić information content (AvgIpc) is 2.92. The van der Waals surface area contributed by atoms with Crippen molar-refractivity contribution in [2.45, 2.75) is 13.3 Å². The maximum Gasteiger partial charge on any atom is 0.295 e. The first-order valence-electron chi connectivity index (χ1n) is 8.92. The summed E-state index contributed by atoms with van der Waals surface area (Å²) in [4.78, 5) is 25.1. The molecule has 0 aliphatic heterocycles. The topological polar surface area (TPSA) is 74.5 Å². The first-order chi connectivity index (χ1) is 13.5. The standard InChI is InChI=1S/C21H23N3O4/c1-15-20(21(26)24(23(15)2)16-9-5-4-6-10-16)22-19(25)13-14-28-18-12-8-7-11-17(18)27-3/h4-12H,13-14H2,1-3H3,(H,22,25). The predicted molar refractivity (Wildman–Crippen MR) is 107 cm³/mol. The van der Waals surface area contributed by atoms with Gasteiger partial charge in [0.1, 0.15) is 5.69 Å². The lowest BCUT2D eigenvalue weighted by Gasteiger charge is -2.10. The first kappa shape index (κ1) is 19.3. The smallest absolute Gasteiger partial charge is 0.295 e. The Hall–Kier alpha value is -3.48. The van der Waals surface area contributed by atoms with Crippen LogP contribution in [0.2, 0.25) is 0 Å². The number of amides is 1. The van der Waals surface area contributed by atoms with Crippen LogP contribution >= 0.6 is 0 Å². The lowest BCUT2D eigenvalue weighted by Crippen LogP contribution is -2.23. The van der Waals surface area contributed by atoms with E-state index in [9.17, 15) is 9.59 Å². The lowest BCUT2D eigenvalue weighted by molar-refractivity contribution is -0.116. The number of hydrogen-bond acceptors (Lipinski definition) is 4. The van der Waals surface area contributed by atoms with E-state index >= 15 is 0 Å². The van der Waals surface area contributed by atoms with E-state index in [2.05, 4.69) is 5.32 Å². The molecule has 0 saturated heterocycles. The van der Waals surface area contributed by atoms with E-state index in [1.165, 1.54) is 4.68 Å².